The van der Waals surface area contributed by atoms with E-state index in [9.17, 15) is 4.79 Å². The van der Waals surface area contributed by atoms with Gasteiger partial charge < -0.3 is 10.1 Å². The van der Waals surface area contributed by atoms with Crippen LogP contribution in [0.4, 0.5) is 5.69 Å². The minimum absolute atomic E-state index is 0.248. The van der Waals surface area contributed by atoms with E-state index in [4.69, 9.17) is 4.74 Å². The van der Waals surface area contributed by atoms with Crippen LogP contribution in [0.25, 0.3) is 15.7 Å². The molecule has 23 heavy (non-hydrogen) atoms. The maximum atomic E-state index is 12.6. The largest absolute Gasteiger partial charge is 0.479 e. The summed E-state index contributed by atoms with van der Waals surface area (Å²) in [5, 5.41) is 9.98. The molecule has 0 aliphatic rings. The lowest BCUT2D eigenvalue weighted by Gasteiger charge is -2.06. The van der Waals surface area contributed by atoms with Gasteiger partial charge in [-0.3, -0.25) is 9.78 Å². The van der Waals surface area contributed by atoms with Crippen LogP contribution in [0, 0.1) is 0 Å². The van der Waals surface area contributed by atoms with Crippen molar-refractivity contribution in [3.05, 3.63) is 53.7 Å². The SMILES string of the molecule is COc1nn2ccsc2c1C(=O)Nc1ccc2ncccc2c1. The number of amides is 1. The fraction of sp³-hybridized carbons (Fsp3) is 0.0625. The van der Waals surface area contributed by atoms with Gasteiger partial charge in [0, 0.05) is 28.8 Å². The number of nitrogens with zero attached hydrogens (tertiary/aromatic N) is 3. The highest BCUT2D eigenvalue weighted by Crippen LogP contribution is 2.27. The first-order valence-electron chi connectivity index (χ1n) is 6.92. The van der Waals surface area contributed by atoms with Gasteiger partial charge in [-0.05, 0) is 24.3 Å². The Kier molecular flexibility index (Phi) is 3.20. The molecule has 6 nitrogen and oxygen atoms in total. The van der Waals surface area contributed by atoms with Crippen molar-refractivity contribution >= 4 is 38.7 Å². The first kappa shape index (κ1) is 13.7. The molecule has 0 atom stereocenters. The van der Waals surface area contributed by atoms with Crippen molar-refractivity contribution < 1.29 is 9.53 Å². The second-order valence-electron chi connectivity index (χ2n) is 4.90. The van der Waals surface area contributed by atoms with E-state index >= 15 is 0 Å². The maximum Gasteiger partial charge on any atom is 0.264 e. The predicted molar refractivity (Wildman–Crippen MR) is 89.3 cm³/mol. The van der Waals surface area contributed by atoms with Crippen LogP contribution >= 0.6 is 11.3 Å². The van der Waals surface area contributed by atoms with Gasteiger partial charge in [-0.15, -0.1) is 16.4 Å². The third kappa shape index (κ3) is 2.31. The number of benzene rings is 1. The van der Waals surface area contributed by atoms with Crippen LogP contribution in [0.5, 0.6) is 5.88 Å². The van der Waals surface area contributed by atoms with Gasteiger partial charge in [0.15, 0.2) is 0 Å². The summed E-state index contributed by atoms with van der Waals surface area (Å²) in [6.07, 6.45) is 3.53. The van der Waals surface area contributed by atoms with Crippen molar-refractivity contribution in [1.29, 1.82) is 0 Å². The number of ether oxygens (including phenoxy) is 1. The number of hydrogen-bond donors (Lipinski definition) is 1. The molecule has 0 aliphatic carbocycles. The highest BCUT2D eigenvalue weighted by Gasteiger charge is 2.21. The summed E-state index contributed by atoms with van der Waals surface area (Å²) in [6, 6.07) is 9.41. The average Bonchev–Trinajstić information content (AvgIpc) is 3.14. The molecule has 3 heterocycles. The lowest BCUT2D eigenvalue weighted by atomic mass is 10.2. The van der Waals surface area contributed by atoms with Crippen molar-refractivity contribution in [3.8, 4) is 5.88 Å². The van der Waals surface area contributed by atoms with Crippen molar-refractivity contribution in [1.82, 2.24) is 14.6 Å². The highest BCUT2D eigenvalue weighted by molar-refractivity contribution is 7.16. The lowest BCUT2D eigenvalue weighted by molar-refractivity contribution is 0.102. The van der Waals surface area contributed by atoms with Crippen LogP contribution in [-0.2, 0) is 0 Å². The van der Waals surface area contributed by atoms with Gasteiger partial charge in [0.05, 0.1) is 12.6 Å². The molecule has 114 valence electrons. The topological polar surface area (TPSA) is 68.5 Å². The van der Waals surface area contributed by atoms with Gasteiger partial charge in [0.1, 0.15) is 10.4 Å². The Morgan fingerprint density at radius 2 is 2.26 bits per heavy atom. The van der Waals surface area contributed by atoms with Gasteiger partial charge in [0.25, 0.3) is 5.91 Å². The third-order valence-corrected chi connectivity index (χ3v) is 4.37. The Morgan fingerprint density at radius 3 is 3.13 bits per heavy atom. The molecule has 0 unspecified atom stereocenters. The van der Waals surface area contributed by atoms with Gasteiger partial charge in [-0.2, -0.15) is 0 Å². The van der Waals surface area contributed by atoms with E-state index < -0.39 is 0 Å². The molecule has 0 aliphatic heterocycles. The Bertz CT molecular complexity index is 1020. The fourth-order valence-electron chi connectivity index (χ4n) is 2.45. The van der Waals surface area contributed by atoms with Crippen molar-refractivity contribution in [2.24, 2.45) is 0 Å². The number of thiazole rings is 1. The number of rotatable bonds is 3. The van der Waals surface area contributed by atoms with Crippen molar-refractivity contribution in [3.63, 3.8) is 0 Å². The standard InChI is InChI=1S/C16H12N4O2S/c1-22-15-13(16-20(19-15)7-8-23-16)14(21)18-11-4-5-12-10(9-11)3-2-6-17-12/h2-9H,1H3,(H,18,21). The molecule has 0 saturated heterocycles. The maximum absolute atomic E-state index is 12.6. The second-order valence-corrected chi connectivity index (χ2v) is 5.80. The highest BCUT2D eigenvalue weighted by atomic mass is 32.1. The summed E-state index contributed by atoms with van der Waals surface area (Å²) < 4.78 is 6.86. The molecule has 1 aromatic carbocycles. The van der Waals surface area contributed by atoms with E-state index in [1.807, 2.05) is 35.7 Å². The number of carbonyl (C=O) groups is 1. The van der Waals surface area contributed by atoms with Crippen molar-refractivity contribution in [2.45, 2.75) is 0 Å². The summed E-state index contributed by atoms with van der Waals surface area (Å²) in [5.41, 5.74) is 2.02. The Balaban J connectivity index is 1.71. The molecule has 0 fully saturated rings. The van der Waals surface area contributed by atoms with Crippen LogP contribution in [0.2, 0.25) is 0 Å². The van der Waals surface area contributed by atoms with Crippen LogP contribution in [-0.4, -0.2) is 27.6 Å². The van der Waals surface area contributed by atoms with Gasteiger partial charge in [-0.1, -0.05) is 6.07 Å². The summed E-state index contributed by atoms with van der Waals surface area (Å²) in [7, 11) is 1.50. The molecular weight excluding hydrogens is 312 g/mol. The quantitative estimate of drug-likeness (QED) is 0.628. The Hall–Kier alpha value is -2.93. The monoisotopic (exact) mass is 324 g/mol. The average molecular weight is 324 g/mol. The van der Waals surface area contributed by atoms with E-state index in [1.165, 1.54) is 18.4 Å². The van der Waals surface area contributed by atoms with Crippen LogP contribution in [0.1, 0.15) is 10.4 Å². The summed E-state index contributed by atoms with van der Waals surface area (Å²) >= 11 is 1.44. The van der Waals surface area contributed by atoms with Gasteiger partial charge >= 0.3 is 0 Å². The number of aromatic nitrogens is 3. The van der Waals surface area contributed by atoms with Crippen LogP contribution in [0.3, 0.4) is 0 Å². The zero-order chi connectivity index (χ0) is 15.8. The fourth-order valence-corrected chi connectivity index (χ4v) is 3.26. The molecule has 7 heteroatoms. The molecule has 0 saturated carbocycles. The van der Waals surface area contributed by atoms with E-state index in [0.29, 0.717) is 17.1 Å². The minimum atomic E-state index is -0.248. The summed E-state index contributed by atoms with van der Waals surface area (Å²) in [4.78, 5) is 17.7. The Labute approximate surface area is 135 Å². The van der Waals surface area contributed by atoms with E-state index in [1.54, 1.807) is 16.9 Å². The molecule has 4 aromatic rings. The Morgan fingerprint density at radius 1 is 1.35 bits per heavy atom. The molecular formula is C16H12N4O2S. The smallest absolute Gasteiger partial charge is 0.264 e. The van der Waals surface area contributed by atoms with Gasteiger partial charge in [-0.25, -0.2) is 4.52 Å². The number of pyridine rings is 1. The number of hydrogen-bond acceptors (Lipinski definition) is 5. The normalized spacial score (nSPS) is 11.0. The molecule has 0 radical (unpaired) electrons. The number of methoxy groups -OCH3 is 1. The molecule has 3 aromatic heterocycles. The first-order valence-corrected chi connectivity index (χ1v) is 7.80. The lowest BCUT2D eigenvalue weighted by Crippen LogP contribution is -2.12. The zero-order valence-corrected chi connectivity index (χ0v) is 13.0. The number of anilines is 1. The van der Waals surface area contributed by atoms with Crippen molar-refractivity contribution in [2.75, 3.05) is 12.4 Å². The number of nitrogens with one attached hydrogen (secondary N) is 1. The van der Waals surface area contributed by atoms with E-state index in [0.717, 1.165) is 15.7 Å². The second kappa shape index (κ2) is 5.36. The van der Waals surface area contributed by atoms with E-state index in [2.05, 4.69) is 15.4 Å². The van der Waals surface area contributed by atoms with Crippen LogP contribution < -0.4 is 10.1 Å². The van der Waals surface area contributed by atoms with E-state index in [-0.39, 0.29) is 5.91 Å². The first-order chi connectivity index (χ1) is 11.3. The molecule has 0 spiro atoms. The molecule has 1 amide bonds. The minimum Gasteiger partial charge on any atom is -0.479 e. The summed E-state index contributed by atoms with van der Waals surface area (Å²) in [6.45, 7) is 0. The molecule has 1 N–H and O–H groups in total. The number of carbonyl (C=O) groups excluding carboxylic acids is 1. The predicted octanol–water partition coefficient (Wildman–Crippen LogP) is 3.20. The molecule has 0 bridgehead atoms. The molecule has 4 rings (SSSR count). The third-order valence-electron chi connectivity index (χ3n) is 3.50. The number of fused-ring (bicyclic) bond motifs is 2. The zero-order valence-electron chi connectivity index (χ0n) is 12.2. The van der Waals surface area contributed by atoms with Gasteiger partial charge in [0.2, 0.25) is 5.88 Å². The summed E-state index contributed by atoms with van der Waals surface area (Å²) in [5.74, 6) is 0.0688. The van der Waals surface area contributed by atoms with Crippen LogP contribution in [0.15, 0.2) is 48.1 Å².